The average molecular weight is 320 g/mol. The summed E-state index contributed by atoms with van der Waals surface area (Å²) in [4.78, 5) is 16.1. The third kappa shape index (κ3) is 3.84. The molecule has 120 valence electrons. The summed E-state index contributed by atoms with van der Waals surface area (Å²) in [7, 11) is 0. The molecule has 0 aliphatic carbocycles. The fourth-order valence-electron chi connectivity index (χ4n) is 2.47. The molecule has 4 heteroatoms. The summed E-state index contributed by atoms with van der Waals surface area (Å²) in [5.74, 6) is -0.402. The van der Waals surface area contributed by atoms with E-state index in [0.717, 1.165) is 11.1 Å². The lowest BCUT2D eigenvalue weighted by Crippen LogP contribution is -2.25. The molecule has 0 atom stereocenters. The van der Waals surface area contributed by atoms with Gasteiger partial charge in [0.1, 0.15) is 5.82 Å². The lowest BCUT2D eigenvalue weighted by atomic mass is 10.0. The highest BCUT2D eigenvalue weighted by Gasteiger charge is 2.06. The minimum atomic E-state index is -0.242. The van der Waals surface area contributed by atoms with Crippen LogP contribution in [0.4, 0.5) is 4.39 Å². The summed E-state index contributed by atoms with van der Waals surface area (Å²) >= 11 is 0. The van der Waals surface area contributed by atoms with Gasteiger partial charge in [-0.3, -0.25) is 9.78 Å². The molecule has 3 aromatic rings. The molecule has 0 unspecified atom stereocenters. The van der Waals surface area contributed by atoms with Crippen molar-refractivity contribution in [2.24, 2.45) is 0 Å². The SMILES string of the molecule is O=C(NCCc1ccccc1F)c1ccc(-c2ccncc2)cc1. The fraction of sp³-hybridized carbons (Fsp3) is 0.100. The second kappa shape index (κ2) is 7.51. The van der Waals surface area contributed by atoms with Gasteiger partial charge in [0, 0.05) is 24.5 Å². The van der Waals surface area contributed by atoms with Crippen molar-refractivity contribution in [3.8, 4) is 11.1 Å². The monoisotopic (exact) mass is 320 g/mol. The van der Waals surface area contributed by atoms with Gasteiger partial charge >= 0.3 is 0 Å². The number of amides is 1. The third-order valence-corrected chi connectivity index (χ3v) is 3.80. The van der Waals surface area contributed by atoms with Crippen molar-refractivity contribution in [1.29, 1.82) is 0 Å². The topological polar surface area (TPSA) is 42.0 Å². The Morgan fingerprint density at radius 1 is 0.917 bits per heavy atom. The lowest BCUT2D eigenvalue weighted by molar-refractivity contribution is 0.0954. The molecule has 0 bridgehead atoms. The second-order valence-electron chi connectivity index (χ2n) is 5.41. The zero-order chi connectivity index (χ0) is 16.8. The van der Waals surface area contributed by atoms with Crippen LogP contribution >= 0.6 is 0 Å². The maximum atomic E-state index is 13.5. The van der Waals surface area contributed by atoms with Gasteiger partial charge in [-0.15, -0.1) is 0 Å². The molecule has 0 saturated carbocycles. The average Bonchev–Trinajstić information content (AvgIpc) is 2.64. The molecule has 1 N–H and O–H groups in total. The van der Waals surface area contributed by atoms with Crippen molar-refractivity contribution in [3.05, 3.63) is 90.0 Å². The predicted molar refractivity (Wildman–Crippen MR) is 92.1 cm³/mol. The number of aromatic nitrogens is 1. The molecule has 24 heavy (non-hydrogen) atoms. The molecule has 3 nitrogen and oxygen atoms in total. The van der Waals surface area contributed by atoms with E-state index >= 15 is 0 Å². The molecule has 0 fully saturated rings. The summed E-state index contributed by atoms with van der Waals surface area (Å²) in [5, 5.41) is 2.82. The molecule has 1 aromatic heterocycles. The van der Waals surface area contributed by atoms with Crippen LogP contribution in [-0.2, 0) is 6.42 Å². The molecule has 1 heterocycles. The second-order valence-corrected chi connectivity index (χ2v) is 5.41. The van der Waals surface area contributed by atoms with E-state index in [9.17, 15) is 9.18 Å². The van der Waals surface area contributed by atoms with Crippen LogP contribution in [0.5, 0.6) is 0 Å². The van der Waals surface area contributed by atoms with Crippen molar-refractivity contribution in [3.63, 3.8) is 0 Å². The number of carbonyl (C=O) groups is 1. The van der Waals surface area contributed by atoms with Crippen LogP contribution in [0, 0.1) is 5.82 Å². The first-order chi connectivity index (χ1) is 11.7. The van der Waals surface area contributed by atoms with Gasteiger partial charge in [0.25, 0.3) is 5.91 Å². The van der Waals surface area contributed by atoms with E-state index in [1.165, 1.54) is 6.07 Å². The molecule has 2 aromatic carbocycles. The van der Waals surface area contributed by atoms with Crippen molar-refractivity contribution in [2.45, 2.75) is 6.42 Å². The first-order valence-corrected chi connectivity index (χ1v) is 7.76. The number of hydrogen-bond acceptors (Lipinski definition) is 2. The molecule has 0 spiro atoms. The van der Waals surface area contributed by atoms with E-state index in [2.05, 4.69) is 10.3 Å². The maximum absolute atomic E-state index is 13.5. The Hall–Kier alpha value is -3.01. The number of nitrogens with zero attached hydrogens (tertiary/aromatic N) is 1. The first kappa shape index (κ1) is 15.9. The van der Waals surface area contributed by atoms with Crippen molar-refractivity contribution in [1.82, 2.24) is 10.3 Å². The van der Waals surface area contributed by atoms with Gasteiger partial charge in [0.05, 0.1) is 0 Å². The number of rotatable bonds is 5. The summed E-state index contributed by atoms with van der Waals surface area (Å²) < 4.78 is 13.5. The number of halogens is 1. The smallest absolute Gasteiger partial charge is 0.251 e. The van der Waals surface area contributed by atoms with Crippen LogP contribution in [0.15, 0.2) is 73.1 Å². The van der Waals surface area contributed by atoms with E-state index < -0.39 is 0 Å². The Morgan fingerprint density at radius 2 is 1.58 bits per heavy atom. The number of nitrogens with one attached hydrogen (secondary N) is 1. The third-order valence-electron chi connectivity index (χ3n) is 3.80. The highest BCUT2D eigenvalue weighted by atomic mass is 19.1. The Kier molecular flexibility index (Phi) is 4.96. The summed E-state index contributed by atoms with van der Waals surface area (Å²) in [6.07, 6.45) is 3.94. The molecule has 0 saturated heterocycles. The minimum Gasteiger partial charge on any atom is -0.352 e. The van der Waals surface area contributed by atoms with E-state index in [-0.39, 0.29) is 11.7 Å². The first-order valence-electron chi connectivity index (χ1n) is 7.76. The van der Waals surface area contributed by atoms with E-state index in [1.54, 1.807) is 42.7 Å². The molecule has 0 aliphatic rings. The summed E-state index contributed by atoms with van der Waals surface area (Å²) in [5.41, 5.74) is 3.27. The van der Waals surface area contributed by atoms with Gasteiger partial charge in [0.15, 0.2) is 0 Å². The van der Waals surface area contributed by atoms with Gasteiger partial charge in [-0.25, -0.2) is 4.39 Å². The number of benzene rings is 2. The Morgan fingerprint density at radius 3 is 2.29 bits per heavy atom. The molecule has 0 radical (unpaired) electrons. The molecule has 0 aliphatic heterocycles. The van der Waals surface area contributed by atoms with Gasteiger partial charge in [-0.1, -0.05) is 30.3 Å². The number of pyridine rings is 1. The van der Waals surface area contributed by atoms with Crippen LogP contribution in [0.1, 0.15) is 15.9 Å². The number of hydrogen-bond donors (Lipinski definition) is 1. The van der Waals surface area contributed by atoms with Gasteiger partial charge in [-0.05, 0) is 53.4 Å². The number of carbonyl (C=O) groups excluding carboxylic acids is 1. The van der Waals surface area contributed by atoms with Crippen LogP contribution < -0.4 is 5.32 Å². The standard InChI is InChI=1S/C20H17FN2O/c21-19-4-2-1-3-17(19)11-14-23-20(24)18-7-5-15(6-8-18)16-9-12-22-13-10-16/h1-10,12-13H,11,14H2,(H,23,24). The van der Waals surface area contributed by atoms with E-state index in [0.29, 0.717) is 24.1 Å². The van der Waals surface area contributed by atoms with Crippen molar-refractivity contribution in [2.75, 3.05) is 6.54 Å². The fourth-order valence-corrected chi connectivity index (χ4v) is 2.47. The largest absolute Gasteiger partial charge is 0.352 e. The zero-order valence-corrected chi connectivity index (χ0v) is 13.1. The minimum absolute atomic E-state index is 0.160. The van der Waals surface area contributed by atoms with E-state index in [4.69, 9.17) is 0 Å². The van der Waals surface area contributed by atoms with Crippen LogP contribution in [0.3, 0.4) is 0 Å². The van der Waals surface area contributed by atoms with Gasteiger partial charge in [-0.2, -0.15) is 0 Å². The highest BCUT2D eigenvalue weighted by molar-refractivity contribution is 5.94. The van der Waals surface area contributed by atoms with Crippen molar-refractivity contribution < 1.29 is 9.18 Å². The van der Waals surface area contributed by atoms with Gasteiger partial charge in [0.2, 0.25) is 0 Å². The zero-order valence-electron chi connectivity index (χ0n) is 13.1. The highest BCUT2D eigenvalue weighted by Crippen LogP contribution is 2.18. The Balaban J connectivity index is 1.58. The van der Waals surface area contributed by atoms with Crippen LogP contribution in [-0.4, -0.2) is 17.4 Å². The molecular weight excluding hydrogens is 303 g/mol. The predicted octanol–water partition coefficient (Wildman–Crippen LogP) is 3.86. The molecule has 3 rings (SSSR count). The Bertz CT molecular complexity index is 817. The normalized spacial score (nSPS) is 10.4. The lowest BCUT2D eigenvalue weighted by Gasteiger charge is -2.07. The maximum Gasteiger partial charge on any atom is 0.251 e. The van der Waals surface area contributed by atoms with Crippen molar-refractivity contribution >= 4 is 5.91 Å². The van der Waals surface area contributed by atoms with Gasteiger partial charge < -0.3 is 5.32 Å². The summed E-state index contributed by atoms with van der Waals surface area (Å²) in [6, 6.07) is 17.8. The Labute approximate surface area is 140 Å². The van der Waals surface area contributed by atoms with Crippen LogP contribution in [0.25, 0.3) is 11.1 Å². The summed E-state index contributed by atoms with van der Waals surface area (Å²) in [6.45, 7) is 0.395. The molecule has 1 amide bonds. The van der Waals surface area contributed by atoms with Crippen LogP contribution in [0.2, 0.25) is 0 Å². The quantitative estimate of drug-likeness (QED) is 0.775. The van der Waals surface area contributed by atoms with E-state index in [1.807, 2.05) is 24.3 Å². The molecular formula is C20H17FN2O.